The normalized spacial score (nSPS) is 9.24. The summed E-state index contributed by atoms with van der Waals surface area (Å²) in [5, 5.41) is 8.49. The first kappa shape index (κ1) is 15.4. The minimum atomic E-state index is -0.809. The fourth-order valence-electron chi connectivity index (χ4n) is 1.40. The molecule has 0 bridgehead atoms. The summed E-state index contributed by atoms with van der Waals surface area (Å²) < 4.78 is 0. The molecule has 6 heteroatoms. The molecule has 0 atom stereocenters. The van der Waals surface area contributed by atoms with E-state index < -0.39 is 5.97 Å². The van der Waals surface area contributed by atoms with Gasteiger partial charge in [-0.05, 0) is 30.5 Å². The summed E-state index contributed by atoms with van der Waals surface area (Å²) in [6.07, 6.45) is 1.33. The Morgan fingerprint density at radius 1 is 1.35 bits per heavy atom. The van der Waals surface area contributed by atoms with Gasteiger partial charge in [0.25, 0.3) is 5.91 Å². The van der Waals surface area contributed by atoms with Gasteiger partial charge in [0.05, 0.1) is 0 Å². The largest absolute Gasteiger partial charge is 0.481 e. The number of benzene rings is 1. The molecule has 0 heterocycles. The van der Waals surface area contributed by atoms with E-state index in [-0.39, 0.29) is 24.7 Å². The van der Waals surface area contributed by atoms with Gasteiger partial charge in [0.15, 0.2) is 0 Å². The second-order valence-corrected chi connectivity index (χ2v) is 3.42. The number of carboxylic acids is 1. The van der Waals surface area contributed by atoms with Crippen molar-refractivity contribution in [3.05, 3.63) is 35.4 Å². The Morgan fingerprint density at radius 2 is 2.06 bits per heavy atom. The molecule has 0 spiro atoms. The van der Waals surface area contributed by atoms with Crippen molar-refractivity contribution in [1.29, 1.82) is 0 Å². The van der Waals surface area contributed by atoms with Crippen molar-refractivity contribution in [2.24, 2.45) is 5.84 Å². The minimum Gasteiger partial charge on any atom is -0.481 e. The molecule has 0 saturated carbocycles. The number of aliphatic carboxylic acids is 1. The van der Waals surface area contributed by atoms with E-state index >= 15 is 0 Å². The number of hydrogen-bond donors (Lipinski definition) is 3. The number of nitrogen functional groups attached to an aromatic ring is 1. The van der Waals surface area contributed by atoms with Crippen molar-refractivity contribution in [3.63, 3.8) is 0 Å². The van der Waals surface area contributed by atoms with Crippen LogP contribution in [0.4, 0.5) is 0 Å². The molecule has 0 aliphatic heterocycles. The average molecular weight is 259 g/mol. The Morgan fingerprint density at radius 3 is 2.65 bits per heavy atom. The van der Waals surface area contributed by atoms with Crippen molar-refractivity contribution in [2.45, 2.75) is 19.3 Å². The third-order valence-electron chi connectivity index (χ3n) is 2.18. The lowest BCUT2D eigenvalue weighted by Gasteiger charge is -2.03. The zero-order chi connectivity index (χ0) is 12.0. The molecule has 0 fully saturated rings. The van der Waals surface area contributed by atoms with Crippen molar-refractivity contribution < 1.29 is 14.7 Å². The number of hydrazine groups is 1. The maximum absolute atomic E-state index is 11.2. The lowest BCUT2D eigenvalue weighted by Crippen LogP contribution is -2.29. The van der Waals surface area contributed by atoms with E-state index in [1.807, 2.05) is 11.5 Å². The molecule has 1 aromatic carbocycles. The number of nitrogens with one attached hydrogen (secondary N) is 1. The molecule has 0 aromatic heterocycles. The molecule has 0 saturated heterocycles. The van der Waals surface area contributed by atoms with Crippen LogP contribution in [0.2, 0.25) is 0 Å². The zero-order valence-corrected chi connectivity index (χ0v) is 10.00. The van der Waals surface area contributed by atoms with Crippen LogP contribution in [0.5, 0.6) is 0 Å². The minimum absolute atomic E-state index is 0. The van der Waals surface area contributed by atoms with Gasteiger partial charge in [-0.3, -0.25) is 15.0 Å². The maximum Gasteiger partial charge on any atom is 0.303 e. The van der Waals surface area contributed by atoms with Crippen LogP contribution < -0.4 is 11.3 Å². The van der Waals surface area contributed by atoms with Gasteiger partial charge in [0.1, 0.15) is 0 Å². The highest BCUT2D eigenvalue weighted by atomic mass is 35.5. The molecule has 0 aliphatic rings. The first-order valence-electron chi connectivity index (χ1n) is 4.95. The van der Waals surface area contributed by atoms with E-state index in [0.717, 1.165) is 5.56 Å². The van der Waals surface area contributed by atoms with E-state index in [4.69, 9.17) is 10.9 Å². The van der Waals surface area contributed by atoms with Crippen LogP contribution in [0, 0.1) is 0 Å². The lowest BCUT2D eigenvalue weighted by molar-refractivity contribution is -0.137. The topological polar surface area (TPSA) is 92.4 Å². The Labute approximate surface area is 105 Å². The Balaban J connectivity index is 0.00000256. The molecule has 94 valence electrons. The summed E-state index contributed by atoms with van der Waals surface area (Å²) in [6.45, 7) is 0. The number of aryl methyl sites for hydroxylation is 1. The highest BCUT2D eigenvalue weighted by molar-refractivity contribution is 5.93. The van der Waals surface area contributed by atoms with Gasteiger partial charge in [-0.25, -0.2) is 5.84 Å². The predicted molar refractivity (Wildman–Crippen MR) is 65.9 cm³/mol. The van der Waals surface area contributed by atoms with Crippen LogP contribution in [0.3, 0.4) is 0 Å². The maximum atomic E-state index is 11.2. The Kier molecular flexibility index (Phi) is 6.93. The lowest BCUT2D eigenvalue weighted by atomic mass is 10.1. The number of carbonyl (C=O) groups excluding carboxylic acids is 1. The van der Waals surface area contributed by atoms with Gasteiger partial charge in [-0.1, -0.05) is 12.1 Å². The number of carbonyl (C=O) groups is 2. The van der Waals surface area contributed by atoms with Crippen molar-refractivity contribution in [3.8, 4) is 0 Å². The SMILES string of the molecule is Cl.NNC(=O)c1cccc(CCCC(=O)O)c1. The summed E-state index contributed by atoms with van der Waals surface area (Å²) in [6, 6.07) is 6.97. The zero-order valence-electron chi connectivity index (χ0n) is 9.18. The van der Waals surface area contributed by atoms with Crippen LogP contribution in [0.25, 0.3) is 0 Å². The average Bonchev–Trinajstić information content (AvgIpc) is 2.28. The summed E-state index contributed by atoms with van der Waals surface area (Å²) >= 11 is 0. The van der Waals surface area contributed by atoms with Crippen molar-refractivity contribution in [2.75, 3.05) is 0 Å². The summed E-state index contributed by atoms with van der Waals surface area (Å²) in [7, 11) is 0. The number of amides is 1. The number of carboxylic acid groups (broad SMARTS) is 1. The van der Waals surface area contributed by atoms with Gasteiger partial charge in [-0.15, -0.1) is 12.4 Å². The van der Waals surface area contributed by atoms with Crippen LogP contribution >= 0.6 is 12.4 Å². The molecular weight excluding hydrogens is 244 g/mol. The van der Waals surface area contributed by atoms with Gasteiger partial charge < -0.3 is 5.11 Å². The third-order valence-corrected chi connectivity index (χ3v) is 2.18. The predicted octanol–water partition coefficient (Wildman–Crippen LogP) is 1.12. The molecule has 5 nitrogen and oxygen atoms in total. The van der Waals surface area contributed by atoms with E-state index in [1.165, 1.54) is 0 Å². The summed E-state index contributed by atoms with van der Waals surface area (Å²) in [5.41, 5.74) is 3.46. The molecule has 17 heavy (non-hydrogen) atoms. The molecule has 1 rings (SSSR count). The second kappa shape index (κ2) is 7.65. The third kappa shape index (κ3) is 5.33. The molecule has 4 N–H and O–H groups in total. The van der Waals surface area contributed by atoms with E-state index in [2.05, 4.69) is 0 Å². The first-order valence-corrected chi connectivity index (χ1v) is 4.95. The van der Waals surface area contributed by atoms with Gasteiger partial charge in [0.2, 0.25) is 0 Å². The van der Waals surface area contributed by atoms with E-state index in [0.29, 0.717) is 18.4 Å². The molecular formula is C11H15ClN2O3. The van der Waals surface area contributed by atoms with Crippen LogP contribution in [-0.4, -0.2) is 17.0 Å². The van der Waals surface area contributed by atoms with Crippen LogP contribution in [0.15, 0.2) is 24.3 Å². The highest BCUT2D eigenvalue weighted by Gasteiger charge is 2.04. The second-order valence-electron chi connectivity index (χ2n) is 3.42. The Hall–Kier alpha value is -1.59. The smallest absolute Gasteiger partial charge is 0.303 e. The number of nitrogens with two attached hydrogens (primary N) is 1. The number of rotatable bonds is 5. The fourth-order valence-corrected chi connectivity index (χ4v) is 1.40. The molecule has 0 aliphatic carbocycles. The monoisotopic (exact) mass is 258 g/mol. The quantitative estimate of drug-likeness (QED) is 0.419. The van der Waals surface area contributed by atoms with Crippen LogP contribution in [-0.2, 0) is 11.2 Å². The first-order chi connectivity index (χ1) is 7.63. The Bertz CT molecular complexity index is 396. The van der Waals surface area contributed by atoms with E-state index in [1.54, 1.807) is 18.2 Å². The molecule has 1 aromatic rings. The van der Waals surface area contributed by atoms with Gasteiger partial charge in [-0.2, -0.15) is 0 Å². The summed E-state index contributed by atoms with van der Waals surface area (Å²) in [4.78, 5) is 21.5. The molecule has 0 radical (unpaired) electrons. The fraction of sp³-hybridized carbons (Fsp3) is 0.273. The van der Waals surface area contributed by atoms with Gasteiger partial charge >= 0.3 is 5.97 Å². The number of halogens is 1. The van der Waals surface area contributed by atoms with Crippen molar-refractivity contribution in [1.82, 2.24) is 5.43 Å². The summed E-state index contributed by atoms with van der Waals surface area (Å²) in [5.74, 6) is 3.86. The van der Waals surface area contributed by atoms with Gasteiger partial charge in [0, 0.05) is 12.0 Å². The van der Waals surface area contributed by atoms with E-state index in [9.17, 15) is 9.59 Å². The van der Waals surface area contributed by atoms with Crippen LogP contribution in [0.1, 0.15) is 28.8 Å². The highest BCUT2D eigenvalue weighted by Crippen LogP contribution is 2.08. The molecule has 0 unspecified atom stereocenters. The number of hydrogen-bond acceptors (Lipinski definition) is 3. The van der Waals surface area contributed by atoms with Crippen molar-refractivity contribution >= 4 is 24.3 Å². The molecule has 1 amide bonds. The standard InChI is InChI=1S/C11H14N2O3.ClH/c12-13-11(16)9-5-1-3-8(7-9)4-2-6-10(14)15;/h1,3,5,7H,2,4,6,12H2,(H,13,16)(H,14,15);1H.